The fraction of sp³-hybridized carbons (Fsp3) is 0.583. The van der Waals surface area contributed by atoms with Crippen molar-refractivity contribution < 1.29 is 24.3 Å². The van der Waals surface area contributed by atoms with Gasteiger partial charge in [-0.1, -0.05) is 5.16 Å². The monoisotopic (exact) mass is 302 g/mol. The second-order valence-electron chi connectivity index (χ2n) is 4.65. The molecule has 7 nitrogen and oxygen atoms in total. The fourth-order valence-electron chi connectivity index (χ4n) is 1.35. The fourth-order valence-corrected chi connectivity index (χ4v) is 2.36. The molecule has 1 atom stereocenters. The summed E-state index contributed by atoms with van der Waals surface area (Å²) in [6.07, 6.45) is 0. The van der Waals surface area contributed by atoms with E-state index in [0.29, 0.717) is 5.75 Å². The van der Waals surface area contributed by atoms with Gasteiger partial charge in [-0.15, -0.1) is 11.8 Å². The maximum absolute atomic E-state index is 11.5. The molecule has 0 bridgehead atoms. The number of carbonyl (C=O) groups excluding carboxylic acids is 1. The normalized spacial score (nSPS) is 13.8. The van der Waals surface area contributed by atoms with Gasteiger partial charge in [-0.05, 0) is 20.8 Å². The van der Waals surface area contributed by atoms with Gasteiger partial charge >= 0.3 is 5.97 Å². The Hall–Kier alpha value is -1.54. The zero-order valence-corrected chi connectivity index (χ0v) is 12.4. The molecule has 1 aromatic rings. The van der Waals surface area contributed by atoms with Crippen molar-refractivity contribution in [3.63, 3.8) is 0 Å². The van der Waals surface area contributed by atoms with Crippen LogP contribution in [0.5, 0.6) is 0 Å². The number of aryl methyl sites for hydroxylation is 2. The van der Waals surface area contributed by atoms with Crippen molar-refractivity contribution in [3.05, 3.63) is 17.0 Å². The molecule has 112 valence electrons. The molecule has 0 spiro atoms. The van der Waals surface area contributed by atoms with E-state index in [4.69, 9.17) is 9.63 Å². The van der Waals surface area contributed by atoms with Gasteiger partial charge in [-0.3, -0.25) is 4.79 Å². The number of hydrogen-bond acceptors (Lipinski definition) is 6. The van der Waals surface area contributed by atoms with E-state index in [1.807, 2.05) is 6.92 Å². The van der Waals surface area contributed by atoms with E-state index in [1.54, 1.807) is 6.92 Å². The lowest BCUT2D eigenvalue weighted by Gasteiger charge is -2.18. The van der Waals surface area contributed by atoms with Crippen LogP contribution in [0.25, 0.3) is 0 Å². The molecule has 1 aromatic heterocycles. The topological polar surface area (TPSA) is 113 Å². The first kappa shape index (κ1) is 16.5. The third-order valence-electron chi connectivity index (χ3n) is 2.75. The Morgan fingerprint density at radius 2 is 2.10 bits per heavy atom. The van der Waals surface area contributed by atoms with Crippen LogP contribution < -0.4 is 5.32 Å². The first-order valence-corrected chi connectivity index (χ1v) is 7.11. The molecule has 20 heavy (non-hydrogen) atoms. The summed E-state index contributed by atoms with van der Waals surface area (Å²) in [5, 5.41) is 24.3. The highest BCUT2D eigenvalue weighted by molar-refractivity contribution is 7.99. The van der Waals surface area contributed by atoms with Gasteiger partial charge in [0.1, 0.15) is 5.76 Å². The first-order chi connectivity index (χ1) is 9.24. The van der Waals surface area contributed by atoms with E-state index in [1.165, 1.54) is 11.8 Å². The predicted molar refractivity (Wildman–Crippen MR) is 73.4 cm³/mol. The van der Waals surface area contributed by atoms with Crippen LogP contribution >= 0.6 is 11.8 Å². The number of rotatable bonds is 7. The van der Waals surface area contributed by atoms with E-state index in [0.717, 1.165) is 23.9 Å². The molecule has 1 heterocycles. The number of carboxylic acids is 1. The van der Waals surface area contributed by atoms with Crippen LogP contribution in [0.3, 0.4) is 0 Å². The number of carbonyl (C=O) groups is 2. The molecule has 0 aromatic carbocycles. The van der Waals surface area contributed by atoms with Crippen molar-refractivity contribution in [3.8, 4) is 0 Å². The molecular formula is C12H18N2O5S. The maximum atomic E-state index is 11.5. The van der Waals surface area contributed by atoms with Crippen LogP contribution in [0.2, 0.25) is 0 Å². The number of nitrogens with one attached hydrogen (secondary N) is 1. The Kier molecular flexibility index (Phi) is 5.58. The second kappa shape index (κ2) is 6.76. The van der Waals surface area contributed by atoms with Crippen molar-refractivity contribution in [2.24, 2.45) is 0 Å². The Balaban J connectivity index is 2.33. The number of hydrogen-bond donors (Lipinski definition) is 3. The Bertz CT molecular complexity index is 479. The minimum atomic E-state index is -1.96. The van der Waals surface area contributed by atoms with Crippen molar-refractivity contribution >= 4 is 23.6 Å². The zero-order chi connectivity index (χ0) is 15.3. The van der Waals surface area contributed by atoms with Crippen molar-refractivity contribution in [2.75, 3.05) is 12.3 Å². The van der Waals surface area contributed by atoms with E-state index in [2.05, 4.69) is 10.5 Å². The lowest BCUT2D eigenvalue weighted by atomic mass is 10.1. The summed E-state index contributed by atoms with van der Waals surface area (Å²) in [5.41, 5.74) is -0.202. The number of amides is 1. The van der Waals surface area contributed by atoms with Gasteiger partial charge in [0.05, 0.1) is 18.0 Å². The Morgan fingerprint density at radius 3 is 2.60 bits per heavy atom. The molecule has 3 N–H and O–H groups in total. The molecular weight excluding hydrogens is 284 g/mol. The highest BCUT2D eigenvalue weighted by atomic mass is 32.2. The third kappa shape index (κ3) is 4.53. The molecule has 0 aliphatic rings. The van der Waals surface area contributed by atoms with E-state index in [9.17, 15) is 14.7 Å². The van der Waals surface area contributed by atoms with Gasteiger partial charge in [0.25, 0.3) is 0 Å². The molecule has 0 fully saturated rings. The molecule has 1 rings (SSSR count). The van der Waals surface area contributed by atoms with Gasteiger partial charge in [0.15, 0.2) is 5.60 Å². The molecule has 1 unspecified atom stereocenters. The highest BCUT2D eigenvalue weighted by Crippen LogP contribution is 2.19. The van der Waals surface area contributed by atoms with E-state index < -0.39 is 11.6 Å². The quantitative estimate of drug-likeness (QED) is 0.671. The van der Waals surface area contributed by atoms with Crippen LogP contribution in [-0.2, 0) is 15.3 Å². The minimum Gasteiger partial charge on any atom is -0.479 e. The summed E-state index contributed by atoms with van der Waals surface area (Å²) in [4.78, 5) is 22.2. The molecule has 8 heteroatoms. The average Bonchev–Trinajstić information content (AvgIpc) is 2.68. The Labute approximate surface area is 120 Å². The predicted octanol–water partition coefficient (Wildman–Crippen LogP) is 0.476. The minimum absolute atomic E-state index is 0.166. The third-order valence-corrected chi connectivity index (χ3v) is 3.71. The van der Waals surface area contributed by atoms with Gasteiger partial charge in [-0.25, -0.2) is 4.79 Å². The molecule has 0 saturated heterocycles. The SMILES string of the molecule is Cc1noc(C)c1CSCC(=O)NCC(C)(O)C(=O)O. The first-order valence-electron chi connectivity index (χ1n) is 5.96. The van der Waals surface area contributed by atoms with E-state index >= 15 is 0 Å². The maximum Gasteiger partial charge on any atom is 0.337 e. The van der Waals surface area contributed by atoms with Crippen LogP contribution in [0.15, 0.2) is 4.52 Å². The lowest BCUT2D eigenvalue weighted by molar-refractivity contribution is -0.156. The Morgan fingerprint density at radius 1 is 1.45 bits per heavy atom. The van der Waals surface area contributed by atoms with E-state index in [-0.39, 0.29) is 18.2 Å². The summed E-state index contributed by atoms with van der Waals surface area (Å²) in [6, 6.07) is 0. The smallest absolute Gasteiger partial charge is 0.337 e. The standard InChI is InChI=1S/C12H18N2O5S/c1-7-9(8(2)19-14-7)4-20-5-10(15)13-6-12(3,18)11(16)17/h18H,4-6H2,1-3H3,(H,13,15)(H,16,17). The molecule has 0 saturated carbocycles. The summed E-state index contributed by atoms with van der Waals surface area (Å²) in [7, 11) is 0. The van der Waals surface area contributed by atoms with Gasteiger partial charge in [0.2, 0.25) is 5.91 Å². The molecule has 1 amide bonds. The number of aliphatic hydroxyl groups is 1. The second-order valence-corrected chi connectivity index (χ2v) is 5.64. The highest BCUT2D eigenvalue weighted by Gasteiger charge is 2.30. The van der Waals surface area contributed by atoms with Crippen LogP contribution in [0, 0.1) is 13.8 Å². The van der Waals surface area contributed by atoms with Crippen LogP contribution in [0.1, 0.15) is 23.9 Å². The van der Waals surface area contributed by atoms with Gasteiger partial charge in [-0.2, -0.15) is 0 Å². The number of carboxylic acid groups (broad SMARTS) is 1. The zero-order valence-electron chi connectivity index (χ0n) is 11.6. The van der Waals surface area contributed by atoms with Gasteiger partial charge < -0.3 is 20.1 Å². The number of aliphatic carboxylic acids is 1. The van der Waals surface area contributed by atoms with Crippen molar-refractivity contribution in [1.82, 2.24) is 10.5 Å². The summed E-state index contributed by atoms with van der Waals surface area (Å²) in [5.74, 6) is -0.224. The molecule has 0 radical (unpaired) electrons. The van der Waals surface area contributed by atoms with Crippen LogP contribution in [0.4, 0.5) is 0 Å². The lowest BCUT2D eigenvalue weighted by Crippen LogP contribution is -2.46. The van der Waals surface area contributed by atoms with Crippen molar-refractivity contribution in [1.29, 1.82) is 0 Å². The number of thioether (sulfide) groups is 1. The summed E-state index contributed by atoms with van der Waals surface area (Å²) < 4.78 is 5.01. The summed E-state index contributed by atoms with van der Waals surface area (Å²) in [6.45, 7) is 4.44. The number of aromatic nitrogens is 1. The average molecular weight is 302 g/mol. The van der Waals surface area contributed by atoms with Crippen LogP contribution in [-0.4, -0.2) is 45.1 Å². The number of nitrogens with zero attached hydrogens (tertiary/aromatic N) is 1. The van der Waals surface area contributed by atoms with Gasteiger partial charge in [0, 0.05) is 11.3 Å². The largest absolute Gasteiger partial charge is 0.479 e. The molecule has 0 aliphatic carbocycles. The van der Waals surface area contributed by atoms with Crippen molar-refractivity contribution in [2.45, 2.75) is 32.1 Å². The molecule has 0 aliphatic heterocycles. The summed E-state index contributed by atoms with van der Waals surface area (Å²) >= 11 is 1.37.